The predicted molar refractivity (Wildman–Crippen MR) is 229 cm³/mol. The molecule has 54 heavy (non-hydrogen) atoms. The van der Waals surface area contributed by atoms with Crippen LogP contribution in [0.2, 0.25) is 0 Å². The lowest BCUT2D eigenvalue weighted by atomic mass is 9.42. The summed E-state index contributed by atoms with van der Waals surface area (Å²) in [7, 11) is 0. The van der Waals surface area contributed by atoms with Crippen LogP contribution >= 0.6 is 0 Å². The Balaban J connectivity index is 1.06. The third-order valence-corrected chi connectivity index (χ3v) is 13.5. The van der Waals surface area contributed by atoms with Crippen molar-refractivity contribution >= 4 is 44.9 Å². The van der Waals surface area contributed by atoms with Crippen LogP contribution in [-0.2, 0) is 17.3 Å². The lowest BCUT2D eigenvalue weighted by Gasteiger charge is -2.63. The van der Waals surface area contributed by atoms with E-state index in [0.29, 0.717) is 5.41 Å². The summed E-state index contributed by atoms with van der Waals surface area (Å²) in [6, 6.07) is 55.2. The molecule has 0 spiro atoms. The molecule has 0 aliphatic heterocycles. The smallest absolute Gasteiger partial charge is 0.0542 e. The Bertz CT molecular complexity index is 2440. The monoisotopic (exact) mass is 702 g/mol. The van der Waals surface area contributed by atoms with Gasteiger partial charge in [-0.15, -0.1) is 0 Å². The molecule has 2 atom stereocenters. The molecular formula is C52H50N2. The highest BCUT2D eigenvalue weighted by Crippen LogP contribution is 2.66. The number of hydrogen-bond donors (Lipinski definition) is 0. The summed E-state index contributed by atoms with van der Waals surface area (Å²) in [6.07, 6.45) is 13.6. The van der Waals surface area contributed by atoms with Crippen LogP contribution < -0.4 is 4.90 Å². The SMILES string of the molecule is C=Cc1ccc(C23CC4CC(C2)CC(c2ccc(N(c5ccc(CCCC)cc5)c5ccc6c(c5)c5ccccc5n6-c5ccccc5)cc2)(C4)C3)cc1. The first-order valence-corrected chi connectivity index (χ1v) is 20.4. The average molecular weight is 703 g/mol. The van der Waals surface area contributed by atoms with Gasteiger partial charge in [0.2, 0.25) is 0 Å². The maximum absolute atomic E-state index is 4.01. The van der Waals surface area contributed by atoms with Crippen molar-refractivity contribution in [1.29, 1.82) is 0 Å². The van der Waals surface area contributed by atoms with E-state index in [2.05, 4.69) is 169 Å². The van der Waals surface area contributed by atoms with Crippen molar-refractivity contribution in [1.82, 2.24) is 4.57 Å². The van der Waals surface area contributed by atoms with Gasteiger partial charge in [-0.3, -0.25) is 0 Å². The molecule has 0 radical (unpaired) electrons. The second-order valence-corrected chi connectivity index (χ2v) is 16.9. The number of aromatic nitrogens is 1. The van der Waals surface area contributed by atoms with Crippen LogP contribution in [0.1, 0.15) is 80.5 Å². The summed E-state index contributed by atoms with van der Waals surface area (Å²) < 4.78 is 2.40. The fourth-order valence-electron chi connectivity index (χ4n) is 11.5. The summed E-state index contributed by atoms with van der Waals surface area (Å²) in [6.45, 7) is 6.28. The van der Waals surface area contributed by atoms with Gasteiger partial charge < -0.3 is 9.47 Å². The fraction of sp³-hybridized carbons (Fsp3) is 0.269. The van der Waals surface area contributed by atoms with Gasteiger partial charge in [-0.1, -0.05) is 111 Å². The van der Waals surface area contributed by atoms with Crippen LogP contribution in [0.25, 0.3) is 33.6 Å². The second-order valence-electron chi connectivity index (χ2n) is 16.9. The van der Waals surface area contributed by atoms with Gasteiger partial charge in [-0.05, 0) is 157 Å². The molecule has 2 heteroatoms. The topological polar surface area (TPSA) is 8.17 Å². The predicted octanol–water partition coefficient (Wildman–Crippen LogP) is 14.0. The minimum absolute atomic E-state index is 0.254. The Kier molecular flexibility index (Phi) is 8.13. The molecule has 4 bridgehead atoms. The van der Waals surface area contributed by atoms with Crippen molar-refractivity contribution in [2.75, 3.05) is 4.90 Å². The normalized spacial score (nSPS) is 22.9. The first-order valence-electron chi connectivity index (χ1n) is 20.4. The molecule has 4 saturated carbocycles. The number of para-hydroxylation sites is 2. The van der Waals surface area contributed by atoms with Gasteiger partial charge in [0.15, 0.2) is 0 Å². The van der Waals surface area contributed by atoms with Gasteiger partial charge in [-0.2, -0.15) is 0 Å². The summed E-state index contributed by atoms with van der Waals surface area (Å²) in [5.41, 5.74) is 13.5. The van der Waals surface area contributed by atoms with Crippen molar-refractivity contribution in [2.45, 2.75) is 75.5 Å². The Hall–Kier alpha value is -5.34. The molecule has 0 saturated heterocycles. The number of aryl methyl sites for hydroxylation is 1. The van der Waals surface area contributed by atoms with Gasteiger partial charge >= 0.3 is 0 Å². The van der Waals surface area contributed by atoms with Crippen molar-refractivity contribution in [3.63, 3.8) is 0 Å². The van der Waals surface area contributed by atoms with E-state index in [-0.39, 0.29) is 5.41 Å². The molecule has 6 aromatic carbocycles. The molecule has 1 heterocycles. The Labute approximate surface area is 320 Å². The van der Waals surface area contributed by atoms with Crippen LogP contribution in [-0.4, -0.2) is 4.57 Å². The molecule has 11 rings (SSSR count). The standard InChI is InChI=1S/C52H50N2/c1-3-5-11-38-18-24-44(25-19-38)53(46-28-29-50-48(31-46)47-14-9-10-15-49(47)54(50)43-12-7-6-8-13-43)45-26-22-42(23-27-45)52-34-39-30-40(35-52)33-51(32-39,36-52)41-20-16-37(4-2)17-21-41/h4,6-10,12-29,31,39-40H,2-3,5,11,30,32-36H2,1H3. The molecular weight excluding hydrogens is 653 g/mol. The molecule has 2 unspecified atom stereocenters. The molecule has 7 aromatic rings. The van der Waals surface area contributed by atoms with Crippen LogP contribution in [0.4, 0.5) is 17.1 Å². The van der Waals surface area contributed by atoms with Crippen LogP contribution in [0.3, 0.4) is 0 Å². The van der Waals surface area contributed by atoms with E-state index in [0.717, 1.165) is 18.3 Å². The number of fused-ring (bicyclic) bond motifs is 3. The van der Waals surface area contributed by atoms with Gasteiger partial charge in [0.1, 0.15) is 0 Å². The maximum Gasteiger partial charge on any atom is 0.0542 e. The van der Waals surface area contributed by atoms with Crippen LogP contribution in [0.15, 0.2) is 152 Å². The van der Waals surface area contributed by atoms with E-state index in [9.17, 15) is 0 Å². The highest BCUT2D eigenvalue weighted by Gasteiger charge is 2.58. The molecule has 0 N–H and O–H groups in total. The molecule has 2 nitrogen and oxygen atoms in total. The van der Waals surface area contributed by atoms with Crippen molar-refractivity contribution in [2.24, 2.45) is 11.8 Å². The number of nitrogens with zero attached hydrogens (tertiary/aromatic N) is 2. The van der Waals surface area contributed by atoms with Gasteiger partial charge in [0, 0.05) is 33.5 Å². The first kappa shape index (κ1) is 33.2. The van der Waals surface area contributed by atoms with Gasteiger partial charge in [0.25, 0.3) is 0 Å². The Morgan fingerprint density at radius 3 is 1.85 bits per heavy atom. The largest absolute Gasteiger partial charge is 0.310 e. The molecule has 268 valence electrons. The summed E-state index contributed by atoms with van der Waals surface area (Å²) in [4.78, 5) is 2.48. The van der Waals surface area contributed by atoms with Gasteiger partial charge in [-0.25, -0.2) is 0 Å². The highest BCUT2D eigenvalue weighted by molar-refractivity contribution is 6.10. The average Bonchev–Trinajstić information content (AvgIpc) is 3.54. The summed E-state index contributed by atoms with van der Waals surface area (Å²) >= 11 is 0. The number of rotatable bonds is 10. The number of hydrogen-bond acceptors (Lipinski definition) is 1. The van der Waals surface area contributed by atoms with E-state index in [1.54, 1.807) is 11.1 Å². The summed E-state index contributed by atoms with van der Waals surface area (Å²) in [5.74, 6) is 1.63. The van der Waals surface area contributed by atoms with E-state index in [4.69, 9.17) is 0 Å². The number of benzene rings is 6. The lowest BCUT2D eigenvalue weighted by molar-refractivity contribution is -0.0281. The lowest BCUT2D eigenvalue weighted by Crippen LogP contribution is -2.55. The number of anilines is 3. The van der Waals surface area contributed by atoms with E-state index in [1.807, 2.05) is 6.08 Å². The zero-order valence-corrected chi connectivity index (χ0v) is 31.6. The van der Waals surface area contributed by atoms with Crippen molar-refractivity contribution in [3.8, 4) is 5.69 Å². The maximum atomic E-state index is 4.01. The zero-order chi connectivity index (χ0) is 36.3. The van der Waals surface area contributed by atoms with Crippen molar-refractivity contribution < 1.29 is 0 Å². The number of unbranched alkanes of at least 4 members (excludes halogenated alkanes) is 1. The first-order chi connectivity index (χ1) is 26.5. The van der Waals surface area contributed by atoms with E-state index in [1.165, 1.54) is 107 Å². The van der Waals surface area contributed by atoms with Crippen LogP contribution in [0, 0.1) is 11.8 Å². The van der Waals surface area contributed by atoms with Crippen LogP contribution in [0.5, 0.6) is 0 Å². The molecule has 4 aliphatic rings. The summed E-state index contributed by atoms with van der Waals surface area (Å²) in [5, 5.41) is 2.55. The zero-order valence-electron chi connectivity index (χ0n) is 31.6. The second kappa shape index (κ2) is 13.2. The van der Waals surface area contributed by atoms with E-state index >= 15 is 0 Å². The molecule has 1 aromatic heterocycles. The molecule has 4 fully saturated rings. The fourth-order valence-corrected chi connectivity index (χ4v) is 11.5. The third kappa shape index (κ3) is 5.53. The van der Waals surface area contributed by atoms with E-state index < -0.39 is 0 Å². The van der Waals surface area contributed by atoms with Gasteiger partial charge in [0.05, 0.1) is 11.0 Å². The third-order valence-electron chi connectivity index (χ3n) is 13.5. The molecule has 4 aliphatic carbocycles. The molecule has 0 amide bonds. The van der Waals surface area contributed by atoms with Crippen molar-refractivity contribution in [3.05, 3.63) is 174 Å². The Morgan fingerprint density at radius 1 is 0.630 bits per heavy atom. The quantitative estimate of drug-likeness (QED) is 0.138. The minimum Gasteiger partial charge on any atom is -0.310 e. The Morgan fingerprint density at radius 2 is 1.20 bits per heavy atom. The minimum atomic E-state index is 0.254. The highest BCUT2D eigenvalue weighted by atomic mass is 15.1.